The van der Waals surface area contributed by atoms with Gasteiger partial charge in [0.2, 0.25) is 0 Å². The third kappa shape index (κ3) is 7.78. The lowest BCUT2D eigenvalue weighted by Gasteiger charge is -2.30. The van der Waals surface area contributed by atoms with Gasteiger partial charge in [0, 0.05) is 50.5 Å². The van der Waals surface area contributed by atoms with Crippen LogP contribution in [0.3, 0.4) is 0 Å². The Hall–Kier alpha value is -2.19. The maximum atomic E-state index is 10.3. The number of benzene rings is 1. The zero-order valence-electron chi connectivity index (χ0n) is 18.6. The highest BCUT2D eigenvalue weighted by Gasteiger charge is 2.20. The SMILES string of the molecule is COc1cc(CNCCc2cccc(C)n2)ccc1OCC(O)CN1CCC(O)CC1. The van der Waals surface area contributed by atoms with Crippen molar-refractivity contribution in [3.63, 3.8) is 0 Å². The fraction of sp³-hybridized carbons (Fsp3) is 0.542. The Labute approximate surface area is 185 Å². The van der Waals surface area contributed by atoms with Gasteiger partial charge in [-0.3, -0.25) is 4.98 Å². The summed E-state index contributed by atoms with van der Waals surface area (Å²) < 4.78 is 11.3. The van der Waals surface area contributed by atoms with Gasteiger partial charge in [0.1, 0.15) is 12.7 Å². The Bertz CT molecular complexity index is 809. The van der Waals surface area contributed by atoms with Crippen molar-refractivity contribution in [2.24, 2.45) is 0 Å². The number of aliphatic hydroxyl groups is 2. The Balaban J connectivity index is 1.42. The van der Waals surface area contributed by atoms with Gasteiger partial charge in [-0.15, -0.1) is 0 Å². The molecule has 31 heavy (non-hydrogen) atoms. The van der Waals surface area contributed by atoms with Crippen molar-refractivity contribution in [1.29, 1.82) is 0 Å². The molecule has 1 fully saturated rings. The molecular weight excluding hydrogens is 394 g/mol. The number of aryl methyl sites for hydroxylation is 1. The molecule has 1 aromatic heterocycles. The Morgan fingerprint density at radius 3 is 2.74 bits per heavy atom. The minimum absolute atomic E-state index is 0.205. The van der Waals surface area contributed by atoms with E-state index in [9.17, 15) is 10.2 Å². The van der Waals surface area contributed by atoms with Crippen LogP contribution in [0.1, 0.15) is 29.8 Å². The molecule has 0 bridgehead atoms. The van der Waals surface area contributed by atoms with Gasteiger partial charge < -0.3 is 29.9 Å². The lowest BCUT2D eigenvalue weighted by molar-refractivity contribution is 0.0333. The monoisotopic (exact) mass is 429 g/mol. The number of hydrogen-bond acceptors (Lipinski definition) is 7. The van der Waals surface area contributed by atoms with E-state index in [0.29, 0.717) is 18.0 Å². The number of nitrogens with zero attached hydrogens (tertiary/aromatic N) is 2. The number of pyridine rings is 1. The van der Waals surface area contributed by atoms with Crippen molar-refractivity contribution < 1.29 is 19.7 Å². The standard InChI is InChI=1S/C24H35N3O4/c1-18-4-3-5-20(26-18)8-11-25-15-19-6-7-23(24(14-19)30-2)31-17-22(29)16-27-12-9-21(28)10-13-27/h3-7,14,21-22,25,28-29H,8-13,15-17H2,1-2H3. The first kappa shape index (κ1) is 23.5. The van der Waals surface area contributed by atoms with Gasteiger partial charge in [-0.25, -0.2) is 0 Å². The summed E-state index contributed by atoms with van der Waals surface area (Å²) in [6.07, 6.45) is 1.61. The average Bonchev–Trinajstić information content (AvgIpc) is 2.77. The van der Waals surface area contributed by atoms with Crippen LogP contribution in [0.25, 0.3) is 0 Å². The Morgan fingerprint density at radius 2 is 2.00 bits per heavy atom. The zero-order chi connectivity index (χ0) is 22.1. The molecular formula is C24H35N3O4. The largest absolute Gasteiger partial charge is 0.493 e. The third-order valence-corrected chi connectivity index (χ3v) is 5.52. The van der Waals surface area contributed by atoms with Crippen LogP contribution >= 0.6 is 0 Å². The summed E-state index contributed by atoms with van der Waals surface area (Å²) >= 11 is 0. The lowest BCUT2D eigenvalue weighted by Crippen LogP contribution is -2.41. The fourth-order valence-electron chi connectivity index (χ4n) is 3.77. The molecule has 0 aliphatic carbocycles. The molecule has 3 N–H and O–H groups in total. The molecule has 1 atom stereocenters. The van der Waals surface area contributed by atoms with E-state index in [4.69, 9.17) is 9.47 Å². The van der Waals surface area contributed by atoms with Crippen molar-refractivity contribution in [2.45, 2.75) is 44.9 Å². The molecule has 0 saturated carbocycles. The number of aliphatic hydroxyl groups excluding tert-OH is 2. The highest BCUT2D eigenvalue weighted by atomic mass is 16.5. The lowest BCUT2D eigenvalue weighted by atomic mass is 10.1. The molecule has 1 aliphatic heterocycles. The number of ether oxygens (including phenoxy) is 2. The van der Waals surface area contributed by atoms with E-state index in [1.807, 2.05) is 43.3 Å². The minimum atomic E-state index is -0.587. The first-order valence-corrected chi connectivity index (χ1v) is 11.0. The van der Waals surface area contributed by atoms with Crippen LogP contribution in [0.2, 0.25) is 0 Å². The summed E-state index contributed by atoms with van der Waals surface area (Å²) in [7, 11) is 1.62. The molecule has 0 spiro atoms. The van der Waals surface area contributed by atoms with Crippen molar-refractivity contribution in [3.05, 3.63) is 53.3 Å². The van der Waals surface area contributed by atoms with Gasteiger partial charge in [-0.1, -0.05) is 12.1 Å². The van der Waals surface area contributed by atoms with Crippen molar-refractivity contribution in [2.75, 3.05) is 39.9 Å². The van der Waals surface area contributed by atoms with Crippen LogP contribution < -0.4 is 14.8 Å². The van der Waals surface area contributed by atoms with E-state index in [-0.39, 0.29) is 12.7 Å². The van der Waals surface area contributed by atoms with Crippen molar-refractivity contribution in [1.82, 2.24) is 15.2 Å². The van der Waals surface area contributed by atoms with Crippen molar-refractivity contribution >= 4 is 0 Å². The van der Waals surface area contributed by atoms with Crippen molar-refractivity contribution in [3.8, 4) is 11.5 Å². The van der Waals surface area contributed by atoms with E-state index in [2.05, 4.69) is 15.2 Å². The summed E-state index contributed by atoms with van der Waals surface area (Å²) in [5, 5.41) is 23.3. The maximum absolute atomic E-state index is 10.3. The molecule has 1 aliphatic rings. The average molecular weight is 430 g/mol. The highest BCUT2D eigenvalue weighted by molar-refractivity contribution is 5.43. The maximum Gasteiger partial charge on any atom is 0.161 e. The van der Waals surface area contributed by atoms with Crippen LogP contribution in [-0.4, -0.2) is 72.2 Å². The molecule has 3 rings (SSSR count). The zero-order valence-corrected chi connectivity index (χ0v) is 18.6. The number of methoxy groups -OCH3 is 1. The van der Waals surface area contributed by atoms with Crippen LogP contribution in [0.4, 0.5) is 0 Å². The van der Waals surface area contributed by atoms with Crippen LogP contribution in [0.5, 0.6) is 11.5 Å². The highest BCUT2D eigenvalue weighted by Crippen LogP contribution is 2.28. The predicted octanol–water partition coefficient (Wildman–Crippen LogP) is 1.93. The second-order valence-corrected chi connectivity index (χ2v) is 8.18. The fourth-order valence-corrected chi connectivity index (χ4v) is 3.77. The van der Waals surface area contributed by atoms with Gasteiger partial charge in [0.15, 0.2) is 11.5 Å². The van der Waals surface area contributed by atoms with E-state index in [1.165, 1.54) is 0 Å². The van der Waals surface area contributed by atoms with Crippen LogP contribution in [-0.2, 0) is 13.0 Å². The molecule has 2 heterocycles. The Kier molecular flexibility index (Phi) is 9.09. The second kappa shape index (κ2) is 12.0. The first-order valence-electron chi connectivity index (χ1n) is 11.0. The van der Waals surface area contributed by atoms with Gasteiger partial charge in [0.05, 0.1) is 13.2 Å². The molecule has 2 aromatic rings. The molecule has 1 saturated heterocycles. The van der Waals surface area contributed by atoms with Gasteiger partial charge in [-0.2, -0.15) is 0 Å². The Morgan fingerprint density at radius 1 is 1.19 bits per heavy atom. The van der Waals surface area contributed by atoms with Crippen LogP contribution in [0.15, 0.2) is 36.4 Å². The molecule has 7 heteroatoms. The van der Waals surface area contributed by atoms with E-state index in [1.54, 1.807) is 7.11 Å². The summed E-state index contributed by atoms with van der Waals surface area (Å²) in [6, 6.07) is 12.0. The summed E-state index contributed by atoms with van der Waals surface area (Å²) in [6.45, 7) is 5.95. The number of rotatable bonds is 11. The number of aromatic nitrogens is 1. The van der Waals surface area contributed by atoms with Gasteiger partial charge in [0.25, 0.3) is 0 Å². The molecule has 170 valence electrons. The number of piperidine rings is 1. The molecule has 1 unspecified atom stereocenters. The van der Waals surface area contributed by atoms with Crippen LogP contribution in [0, 0.1) is 6.92 Å². The second-order valence-electron chi connectivity index (χ2n) is 8.18. The normalized spacial score (nSPS) is 16.3. The summed E-state index contributed by atoms with van der Waals surface area (Å²) in [4.78, 5) is 6.69. The third-order valence-electron chi connectivity index (χ3n) is 5.52. The summed E-state index contributed by atoms with van der Waals surface area (Å²) in [5.41, 5.74) is 3.24. The number of hydrogen-bond donors (Lipinski definition) is 3. The molecule has 1 aromatic carbocycles. The summed E-state index contributed by atoms with van der Waals surface area (Å²) in [5.74, 6) is 1.29. The smallest absolute Gasteiger partial charge is 0.161 e. The van der Waals surface area contributed by atoms with Gasteiger partial charge in [-0.05, 0) is 49.6 Å². The minimum Gasteiger partial charge on any atom is -0.493 e. The molecule has 0 radical (unpaired) electrons. The van der Waals surface area contributed by atoms with Gasteiger partial charge >= 0.3 is 0 Å². The topological polar surface area (TPSA) is 87.1 Å². The predicted molar refractivity (Wildman–Crippen MR) is 121 cm³/mol. The first-order chi connectivity index (χ1) is 15.0. The number of likely N-dealkylation sites (tertiary alicyclic amines) is 1. The molecule has 0 amide bonds. The number of nitrogens with one attached hydrogen (secondary N) is 1. The quantitative estimate of drug-likeness (QED) is 0.471. The van der Waals surface area contributed by atoms with E-state index >= 15 is 0 Å². The number of β-amino-alcohol motifs (C(OH)–C–C–N with tert-alkyl or cyclic N) is 1. The molecule has 7 nitrogen and oxygen atoms in total. The van der Waals surface area contributed by atoms with E-state index in [0.717, 1.165) is 62.4 Å². The van der Waals surface area contributed by atoms with E-state index < -0.39 is 6.10 Å².